The van der Waals surface area contributed by atoms with Gasteiger partial charge in [-0.05, 0) is 37.8 Å². The quantitative estimate of drug-likeness (QED) is 0.644. The smallest absolute Gasteiger partial charge is 0.241 e. The Kier molecular flexibility index (Phi) is 6.71. The molecule has 5 nitrogen and oxygen atoms in total. The normalized spacial score (nSPS) is 15.7. The van der Waals surface area contributed by atoms with Gasteiger partial charge in [0.1, 0.15) is 0 Å². The fourth-order valence-corrected chi connectivity index (χ4v) is 3.41. The predicted molar refractivity (Wildman–Crippen MR) is 92.3 cm³/mol. The molecule has 0 atom stereocenters. The molecule has 0 aromatic carbocycles. The van der Waals surface area contributed by atoms with Crippen molar-refractivity contribution < 1.29 is 4.79 Å². The van der Waals surface area contributed by atoms with Crippen LogP contribution in [0.1, 0.15) is 35.9 Å². The van der Waals surface area contributed by atoms with E-state index in [0.717, 1.165) is 38.9 Å². The summed E-state index contributed by atoms with van der Waals surface area (Å²) in [5.74, 6) is 0.837. The molecule has 1 aliphatic heterocycles. The van der Waals surface area contributed by atoms with Crippen LogP contribution >= 0.6 is 11.3 Å². The number of rotatable bonds is 5. The maximum absolute atomic E-state index is 12.1. The number of hydrogen-bond acceptors (Lipinski definition) is 3. The Morgan fingerprint density at radius 3 is 2.59 bits per heavy atom. The number of carbonyl (C=O) groups excluding carboxylic acids is 1. The summed E-state index contributed by atoms with van der Waals surface area (Å²) >= 11 is 1.81. The van der Waals surface area contributed by atoms with E-state index in [9.17, 15) is 4.79 Å². The lowest BCUT2D eigenvalue weighted by atomic mass is 10.1. The molecule has 2 heterocycles. The summed E-state index contributed by atoms with van der Waals surface area (Å²) in [7, 11) is 1.73. The van der Waals surface area contributed by atoms with Crippen molar-refractivity contribution in [1.29, 1.82) is 0 Å². The van der Waals surface area contributed by atoms with E-state index in [1.54, 1.807) is 7.05 Å². The largest absolute Gasteiger partial charge is 0.352 e. The van der Waals surface area contributed by atoms with Gasteiger partial charge in [0.2, 0.25) is 5.91 Å². The van der Waals surface area contributed by atoms with Gasteiger partial charge >= 0.3 is 0 Å². The average molecular weight is 322 g/mol. The van der Waals surface area contributed by atoms with E-state index in [1.807, 2.05) is 16.2 Å². The second kappa shape index (κ2) is 8.78. The summed E-state index contributed by atoms with van der Waals surface area (Å²) in [5.41, 5.74) is 0. The second-order valence-corrected chi connectivity index (χ2v) is 6.70. The number of amides is 1. The lowest BCUT2D eigenvalue weighted by Crippen LogP contribution is -2.45. The first-order chi connectivity index (χ1) is 10.7. The van der Waals surface area contributed by atoms with Crippen molar-refractivity contribution in [2.75, 3.05) is 26.7 Å². The molecule has 2 rings (SSSR count). The number of nitrogens with one attached hydrogen (secondary N) is 2. The number of thiophene rings is 1. The molecule has 1 fully saturated rings. The summed E-state index contributed by atoms with van der Waals surface area (Å²) in [6, 6.07) is 4.31. The van der Waals surface area contributed by atoms with Gasteiger partial charge in [-0.1, -0.05) is 6.92 Å². The van der Waals surface area contributed by atoms with Crippen LogP contribution in [0.2, 0.25) is 0 Å². The molecule has 1 aromatic heterocycles. The monoisotopic (exact) mass is 322 g/mol. The van der Waals surface area contributed by atoms with Crippen LogP contribution in [0.15, 0.2) is 17.1 Å². The maximum Gasteiger partial charge on any atom is 0.241 e. The number of hydrogen-bond donors (Lipinski definition) is 2. The van der Waals surface area contributed by atoms with E-state index < -0.39 is 0 Å². The van der Waals surface area contributed by atoms with Gasteiger partial charge in [-0.25, -0.2) is 0 Å². The highest BCUT2D eigenvalue weighted by atomic mass is 32.1. The van der Waals surface area contributed by atoms with E-state index in [2.05, 4.69) is 34.7 Å². The number of carbonyl (C=O) groups is 1. The molecular weight excluding hydrogens is 296 g/mol. The SMILES string of the molecule is CCc1ccc(CNC(=NC)NCC(=O)N2CCCCC2)s1. The van der Waals surface area contributed by atoms with Gasteiger partial charge in [-0.15, -0.1) is 11.3 Å². The highest BCUT2D eigenvalue weighted by Crippen LogP contribution is 2.16. The zero-order chi connectivity index (χ0) is 15.8. The van der Waals surface area contributed by atoms with Crippen molar-refractivity contribution in [2.45, 2.75) is 39.2 Å². The van der Waals surface area contributed by atoms with Crippen LogP contribution < -0.4 is 10.6 Å². The van der Waals surface area contributed by atoms with Crippen molar-refractivity contribution in [3.63, 3.8) is 0 Å². The second-order valence-electron chi connectivity index (χ2n) is 5.44. The molecule has 1 aromatic rings. The zero-order valence-electron chi connectivity index (χ0n) is 13.5. The lowest BCUT2D eigenvalue weighted by molar-refractivity contribution is -0.130. The topological polar surface area (TPSA) is 56.7 Å². The summed E-state index contributed by atoms with van der Waals surface area (Å²) in [6.07, 6.45) is 4.55. The van der Waals surface area contributed by atoms with Gasteiger partial charge in [0.05, 0.1) is 13.1 Å². The molecule has 2 N–H and O–H groups in total. The van der Waals surface area contributed by atoms with Crippen LogP contribution in [0.5, 0.6) is 0 Å². The van der Waals surface area contributed by atoms with Crippen LogP contribution in [0, 0.1) is 0 Å². The van der Waals surface area contributed by atoms with Crippen LogP contribution in [0.25, 0.3) is 0 Å². The van der Waals surface area contributed by atoms with Crippen molar-refractivity contribution in [3.05, 3.63) is 21.9 Å². The number of likely N-dealkylation sites (tertiary alicyclic amines) is 1. The van der Waals surface area contributed by atoms with E-state index in [-0.39, 0.29) is 5.91 Å². The number of nitrogens with zero attached hydrogens (tertiary/aromatic N) is 2. The van der Waals surface area contributed by atoms with Crippen LogP contribution in [-0.2, 0) is 17.8 Å². The minimum absolute atomic E-state index is 0.159. The van der Waals surface area contributed by atoms with Crippen molar-refractivity contribution in [1.82, 2.24) is 15.5 Å². The number of aryl methyl sites for hydroxylation is 1. The summed E-state index contributed by atoms with van der Waals surface area (Å²) in [5, 5.41) is 6.37. The van der Waals surface area contributed by atoms with E-state index in [4.69, 9.17) is 0 Å². The molecule has 0 aliphatic carbocycles. The number of aliphatic imine (C=N–C) groups is 1. The van der Waals surface area contributed by atoms with Gasteiger partial charge in [-0.3, -0.25) is 9.79 Å². The van der Waals surface area contributed by atoms with Gasteiger partial charge in [0, 0.05) is 29.9 Å². The maximum atomic E-state index is 12.1. The molecule has 0 unspecified atom stereocenters. The standard InChI is InChI=1S/C16H26N4OS/c1-3-13-7-8-14(22-13)11-18-16(17-2)19-12-15(21)20-9-5-4-6-10-20/h7-8H,3-6,9-12H2,1-2H3,(H2,17,18,19). The molecule has 0 bridgehead atoms. The summed E-state index contributed by atoms with van der Waals surface area (Å²) in [4.78, 5) is 20.9. The molecule has 22 heavy (non-hydrogen) atoms. The third kappa shape index (κ3) is 5.02. The molecule has 1 saturated heterocycles. The first kappa shape index (κ1) is 16.8. The number of guanidine groups is 1. The van der Waals surface area contributed by atoms with Crippen LogP contribution in [-0.4, -0.2) is 43.4 Å². The lowest BCUT2D eigenvalue weighted by Gasteiger charge is -2.27. The van der Waals surface area contributed by atoms with Crippen molar-refractivity contribution in [3.8, 4) is 0 Å². The summed E-state index contributed by atoms with van der Waals surface area (Å²) < 4.78 is 0. The third-order valence-corrected chi connectivity index (χ3v) is 5.06. The van der Waals surface area contributed by atoms with E-state index >= 15 is 0 Å². The Bertz CT molecular complexity index is 506. The van der Waals surface area contributed by atoms with Gasteiger partial charge in [0.25, 0.3) is 0 Å². The Labute approximate surface area is 136 Å². The number of piperidine rings is 1. The summed E-state index contributed by atoms with van der Waals surface area (Å²) in [6.45, 7) is 4.99. The minimum atomic E-state index is 0.159. The molecule has 1 amide bonds. The minimum Gasteiger partial charge on any atom is -0.352 e. The average Bonchev–Trinajstić information content (AvgIpc) is 3.03. The molecule has 0 spiro atoms. The zero-order valence-corrected chi connectivity index (χ0v) is 14.3. The molecule has 1 aliphatic rings. The Balaban J connectivity index is 1.73. The molecule has 6 heteroatoms. The third-order valence-electron chi connectivity index (χ3n) is 3.84. The van der Waals surface area contributed by atoms with Gasteiger partial charge in [0.15, 0.2) is 5.96 Å². The molecular formula is C16H26N4OS. The highest BCUT2D eigenvalue weighted by molar-refractivity contribution is 7.11. The predicted octanol–water partition coefficient (Wildman–Crippen LogP) is 1.99. The van der Waals surface area contributed by atoms with E-state index in [0.29, 0.717) is 12.5 Å². The van der Waals surface area contributed by atoms with Crippen molar-refractivity contribution >= 4 is 23.2 Å². The Morgan fingerprint density at radius 1 is 1.23 bits per heavy atom. The van der Waals surface area contributed by atoms with Gasteiger partial charge < -0.3 is 15.5 Å². The fourth-order valence-electron chi connectivity index (χ4n) is 2.51. The first-order valence-corrected chi connectivity index (χ1v) is 8.84. The van der Waals surface area contributed by atoms with Crippen molar-refractivity contribution in [2.24, 2.45) is 4.99 Å². The van der Waals surface area contributed by atoms with Crippen LogP contribution in [0.3, 0.4) is 0 Å². The Hall–Kier alpha value is -1.56. The Morgan fingerprint density at radius 2 is 1.95 bits per heavy atom. The molecule has 0 saturated carbocycles. The highest BCUT2D eigenvalue weighted by Gasteiger charge is 2.16. The van der Waals surface area contributed by atoms with Gasteiger partial charge in [-0.2, -0.15) is 0 Å². The van der Waals surface area contributed by atoms with Crippen LogP contribution in [0.4, 0.5) is 0 Å². The molecule has 122 valence electrons. The molecule has 0 radical (unpaired) electrons. The fraction of sp³-hybridized carbons (Fsp3) is 0.625. The first-order valence-electron chi connectivity index (χ1n) is 8.02. The van der Waals surface area contributed by atoms with E-state index in [1.165, 1.54) is 16.2 Å².